The van der Waals surface area contributed by atoms with Gasteiger partial charge in [-0.3, -0.25) is 4.79 Å². The Bertz CT molecular complexity index is 1420. The molecular formula is C23H17N5O2S. The van der Waals surface area contributed by atoms with Crippen molar-refractivity contribution in [1.29, 1.82) is 0 Å². The maximum atomic E-state index is 13.1. The number of fused-ring (bicyclic) bond motifs is 2. The molecule has 4 heterocycles. The monoisotopic (exact) mass is 427 g/mol. The number of hydrogen-bond donors (Lipinski definition) is 1. The van der Waals surface area contributed by atoms with Crippen LogP contribution < -0.4 is 5.32 Å². The van der Waals surface area contributed by atoms with Crippen LogP contribution in [-0.4, -0.2) is 26.0 Å². The highest BCUT2D eigenvalue weighted by Gasteiger charge is 2.28. The Hall–Kier alpha value is -3.65. The van der Waals surface area contributed by atoms with Crippen LogP contribution in [0.2, 0.25) is 0 Å². The molecule has 0 atom stereocenters. The van der Waals surface area contributed by atoms with Gasteiger partial charge in [-0.05, 0) is 50.1 Å². The van der Waals surface area contributed by atoms with Crippen LogP contribution in [0.4, 0.5) is 5.82 Å². The van der Waals surface area contributed by atoms with Gasteiger partial charge in [-0.25, -0.2) is 15.0 Å². The third-order valence-electron chi connectivity index (χ3n) is 5.42. The fraction of sp³-hybridized carbons (Fsp3) is 0.174. The molecule has 1 aromatic carbocycles. The quantitative estimate of drug-likeness (QED) is 0.416. The summed E-state index contributed by atoms with van der Waals surface area (Å²) in [5.74, 6) is 0.621. The summed E-state index contributed by atoms with van der Waals surface area (Å²) in [6, 6.07) is 13.6. The summed E-state index contributed by atoms with van der Waals surface area (Å²) in [7, 11) is 0. The van der Waals surface area contributed by atoms with Gasteiger partial charge in [-0.2, -0.15) is 0 Å². The molecule has 5 aromatic rings. The zero-order valence-electron chi connectivity index (χ0n) is 16.6. The van der Waals surface area contributed by atoms with E-state index in [1.807, 2.05) is 37.3 Å². The fourth-order valence-corrected chi connectivity index (χ4v) is 4.61. The maximum absolute atomic E-state index is 13.1. The number of hydrogen-bond acceptors (Lipinski definition) is 7. The van der Waals surface area contributed by atoms with Crippen LogP contribution in [0.1, 0.15) is 40.5 Å². The number of carbonyl (C=O) groups is 1. The standard InChI is InChI=1S/C23H17N5O2S/c1-12-20-15(10-17(13-6-7-13)25-22(20)30-28-12)21(29)27-19-9-8-14(11-24-19)23-26-16-4-2-3-5-18(16)31-23/h2-5,8-11,13H,6-7H2,1H3,(H,24,27,29). The van der Waals surface area contributed by atoms with Crippen molar-refractivity contribution in [2.24, 2.45) is 0 Å². The number of nitrogens with one attached hydrogen (secondary N) is 1. The zero-order valence-corrected chi connectivity index (χ0v) is 17.4. The summed E-state index contributed by atoms with van der Waals surface area (Å²) >= 11 is 1.62. The van der Waals surface area contributed by atoms with Crippen LogP contribution in [0.25, 0.3) is 31.9 Å². The predicted octanol–water partition coefficient (Wildman–Crippen LogP) is 5.33. The lowest BCUT2D eigenvalue weighted by Crippen LogP contribution is -2.14. The van der Waals surface area contributed by atoms with Crippen molar-refractivity contribution < 1.29 is 9.32 Å². The number of nitrogens with zero attached hydrogens (tertiary/aromatic N) is 4. The van der Waals surface area contributed by atoms with E-state index in [9.17, 15) is 4.79 Å². The number of aromatic nitrogens is 4. The van der Waals surface area contributed by atoms with Gasteiger partial charge in [0.1, 0.15) is 10.8 Å². The smallest absolute Gasteiger partial charge is 0.259 e. The van der Waals surface area contributed by atoms with Crippen molar-refractivity contribution in [3.8, 4) is 10.6 Å². The van der Waals surface area contributed by atoms with Crippen LogP contribution in [0.5, 0.6) is 0 Å². The minimum Gasteiger partial charge on any atom is -0.336 e. The van der Waals surface area contributed by atoms with Crippen LogP contribution in [0, 0.1) is 6.92 Å². The highest BCUT2D eigenvalue weighted by molar-refractivity contribution is 7.21. The van der Waals surface area contributed by atoms with E-state index in [-0.39, 0.29) is 5.91 Å². The van der Waals surface area contributed by atoms with Gasteiger partial charge in [0.25, 0.3) is 11.6 Å². The summed E-state index contributed by atoms with van der Waals surface area (Å²) < 4.78 is 6.47. The summed E-state index contributed by atoms with van der Waals surface area (Å²) in [5, 5.41) is 8.43. The summed E-state index contributed by atoms with van der Waals surface area (Å²) in [5.41, 5.74) is 4.34. The molecular weight excluding hydrogens is 410 g/mol. The number of benzene rings is 1. The minimum atomic E-state index is -0.249. The van der Waals surface area contributed by atoms with E-state index in [0.717, 1.165) is 39.3 Å². The Morgan fingerprint density at radius 2 is 2.03 bits per heavy atom. The first-order chi connectivity index (χ1) is 15.2. The van der Waals surface area contributed by atoms with Crippen molar-refractivity contribution in [2.45, 2.75) is 25.7 Å². The highest BCUT2D eigenvalue weighted by Crippen LogP contribution is 2.40. The molecule has 0 spiro atoms. The number of para-hydroxylation sites is 1. The third kappa shape index (κ3) is 3.25. The average Bonchev–Trinajstić information content (AvgIpc) is 3.45. The minimum absolute atomic E-state index is 0.249. The average molecular weight is 427 g/mol. The van der Waals surface area contributed by atoms with E-state index in [2.05, 4.69) is 31.5 Å². The Morgan fingerprint density at radius 3 is 2.81 bits per heavy atom. The number of amides is 1. The molecule has 1 N–H and O–H groups in total. The van der Waals surface area contributed by atoms with Crippen molar-refractivity contribution >= 4 is 44.4 Å². The highest BCUT2D eigenvalue weighted by atomic mass is 32.1. The molecule has 152 valence electrons. The second-order valence-corrected chi connectivity index (χ2v) is 8.72. The Morgan fingerprint density at radius 1 is 1.16 bits per heavy atom. The van der Waals surface area contributed by atoms with Crippen LogP contribution in [-0.2, 0) is 0 Å². The lowest BCUT2D eigenvalue weighted by molar-refractivity contribution is 0.102. The van der Waals surface area contributed by atoms with E-state index in [1.54, 1.807) is 23.6 Å². The van der Waals surface area contributed by atoms with Gasteiger partial charge in [0, 0.05) is 23.4 Å². The first kappa shape index (κ1) is 18.1. The molecule has 0 unspecified atom stereocenters. The summed E-state index contributed by atoms with van der Waals surface area (Å²) in [4.78, 5) is 26.7. The van der Waals surface area contributed by atoms with Crippen molar-refractivity contribution in [1.82, 2.24) is 20.1 Å². The maximum Gasteiger partial charge on any atom is 0.259 e. The number of anilines is 1. The van der Waals surface area contributed by atoms with E-state index >= 15 is 0 Å². The zero-order chi connectivity index (χ0) is 20.9. The van der Waals surface area contributed by atoms with Crippen LogP contribution in [0.3, 0.4) is 0 Å². The van der Waals surface area contributed by atoms with Gasteiger partial charge in [-0.15, -0.1) is 11.3 Å². The first-order valence-corrected chi connectivity index (χ1v) is 10.9. The largest absolute Gasteiger partial charge is 0.336 e. The second kappa shape index (κ2) is 6.95. The Balaban J connectivity index is 1.29. The summed E-state index contributed by atoms with van der Waals surface area (Å²) in [6.45, 7) is 1.81. The topological polar surface area (TPSA) is 93.8 Å². The van der Waals surface area contributed by atoms with Gasteiger partial charge >= 0.3 is 0 Å². The van der Waals surface area contributed by atoms with Crippen molar-refractivity contribution in [2.75, 3.05) is 5.32 Å². The number of thiazole rings is 1. The Labute approximate surface area is 181 Å². The molecule has 4 aromatic heterocycles. The number of pyridine rings is 2. The van der Waals surface area contributed by atoms with Crippen LogP contribution >= 0.6 is 11.3 Å². The molecule has 0 bridgehead atoms. The second-order valence-electron chi connectivity index (χ2n) is 7.69. The van der Waals surface area contributed by atoms with E-state index < -0.39 is 0 Å². The molecule has 1 amide bonds. The Kier molecular flexibility index (Phi) is 4.07. The molecule has 0 aliphatic heterocycles. The molecule has 6 rings (SSSR count). The molecule has 7 nitrogen and oxygen atoms in total. The van der Waals surface area contributed by atoms with Gasteiger partial charge in [0.05, 0.1) is 26.9 Å². The number of rotatable bonds is 4. The van der Waals surface area contributed by atoms with Crippen molar-refractivity contribution in [3.05, 3.63) is 65.6 Å². The lowest BCUT2D eigenvalue weighted by atomic mass is 10.1. The lowest BCUT2D eigenvalue weighted by Gasteiger charge is -2.07. The molecule has 1 aliphatic rings. The van der Waals surface area contributed by atoms with Crippen molar-refractivity contribution in [3.63, 3.8) is 0 Å². The van der Waals surface area contributed by atoms with Gasteiger partial charge < -0.3 is 9.84 Å². The molecule has 1 saturated carbocycles. The van der Waals surface area contributed by atoms with Crippen LogP contribution in [0.15, 0.2) is 53.2 Å². The summed E-state index contributed by atoms with van der Waals surface area (Å²) in [6.07, 6.45) is 3.90. The normalized spacial score (nSPS) is 13.7. The predicted molar refractivity (Wildman–Crippen MR) is 119 cm³/mol. The fourth-order valence-electron chi connectivity index (χ4n) is 3.65. The molecule has 1 aliphatic carbocycles. The van der Waals surface area contributed by atoms with Gasteiger partial charge in [-0.1, -0.05) is 17.3 Å². The van der Waals surface area contributed by atoms with E-state index in [4.69, 9.17) is 4.52 Å². The molecule has 1 fully saturated rings. The van der Waals surface area contributed by atoms with E-state index in [0.29, 0.717) is 34.1 Å². The number of carbonyl (C=O) groups excluding carboxylic acids is 1. The van der Waals surface area contributed by atoms with E-state index in [1.165, 1.54) is 0 Å². The molecule has 0 saturated heterocycles. The SMILES string of the molecule is Cc1noc2nc(C3CC3)cc(C(=O)Nc3ccc(-c4nc5ccccc5s4)cn3)c12. The first-order valence-electron chi connectivity index (χ1n) is 10.1. The van der Waals surface area contributed by atoms with Gasteiger partial charge in [0.15, 0.2) is 0 Å². The molecule has 0 radical (unpaired) electrons. The molecule has 31 heavy (non-hydrogen) atoms. The molecule has 8 heteroatoms. The van der Waals surface area contributed by atoms with Gasteiger partial charge in [0.2, 0.25) is 0 Å². The number of aryl methyl sites for hydroxylation is 1. The third-order valence-corrected chi connectivity index (χ3v) is 6.51.